The number of aryl methyl sites for hydroxylation is 2. The average Bonchev–Trinajstić information content (AvgIpc) is 2.70. The molecule has 18 heavy (non-hydrogen) atoms. The lowest BCUT2D eigenvalue weighted by Gasteiger charge is -2.04. The highest BCUT2D eigenvalue weighted by atomic mass is 16.5. The Morgan fingerprint density at radius 3 is 2.94 bits per heavy atom. The third-order valence-electron chi connectivity index (χ3n) is 2.98. The maximum absolute atomic E-state index is 8.88. The van der Waals surface area contributed by atoms with Crippen LogP contribution >= 0.6 is 0 Å². The second-order valence-corrected chi connectivity index (χ2v) is 4.41. The SMILES string of the molecule is CCCOc1ccc2c(c1)nc(CCCO)n2C. The maximum atomic E-state index is 8.88. The van der Waals surface area contributed by atoms with Gasteiger partial charge in [-0.3, -0.25) is 0 Å². The monoisotopic (exact) mass is 248 g/mol. The molecular formula is C14H20N2O2. The van der Waals surface area contributed by atoms with Crippen LogP contribution in [-0.2, 0) is 13.5 Å². The quantitative estimate of drug-likeness (QED) is 0.853. The van der Waals surface area contributed by atoms with E-state index < -0.39 is 0 Å². The molecule has 1 N–H and O–H groups in total. The van der Waals surface area contributed by atoms with Crippen molar-refractivity contribution in [3.8, 4) is 5.75 Å². The molecule has 1 aromatic heterocycles. The van der Waals surface area contributed by atoms with Gasteiger partial charge in [0.2, 0.25) is 0 Å². The van der Waals surface area contributed by atoms with E-state index in [0.717, 1.165) is 48.5 Å². The third-order valence-corrected chi connectivity index (χ3v) is 2.98. The zero-order chi connectivity index (χ0) is 13.0. The van der Waals surface area contributed by atoms with Gasteiger partial charge in [-0.15, -0.1) is 0 Å². The van der Waals surface area contributed by atoms with Gasteiger partial charge in [0.1, 0.15) is 11.6 Å². The van der Waals surface area contributed by atoms with Gasteiger partial charge < -0.3 is 14.4 Å². The Morgan fingerprint density at radius 1 is 1.39 bits per heavy atom. The van der Waals surface area contributed by atoms with Gasteiger partial charge in [0, 0.05) is 26.1 Å². The van der Waals surface area contributed by atoms with Crippen molar-refractivity contribution in [3.05, 3.63) is 24.0 Å². The number of ether oxygens (including phenoxy) is 1. The summed E-state index contributed by atoms with van der Waals surface area (Å²) < 4.78 is 7.68. The first kappa shape index (κ1) is 12.9. The van der Waals surface area contributed by atoms with Gasteiger partial charge in [-0.1, -0.05) is 6.92 Å². The molecule has 1 heterocycles. The Hall–Kier alpha value is -1.55. The summed E-state index contributed by atoms with van der Waals surface area (Å²) in [6, 6.07) is 6.00. The molecular weight excluding hydrogens is 228 g/mol. The minimum atomic E-state index is 0.202. The minimum absolute atomic E-state index is 0.202. The summed E-state index contributed by atoms with van der Waals surface area (Å²) in [6.45, 7) is 3.02. The van der Waals surface area contributed by atoms with Crippen molar-refractivity contribution in [2.45, 2.75) is 26.2 Å². The first-order valence-electron chi connectivity index (χ1n) is 6.45. The molecule has 0 amide bonds. The molecule has 0 spiro atoms. The number of rotatable bonds is 6. The summed E-state index contributed by atoms with van der Waals surface area (Å²) in [5.41, 5.74) is 2.06. The summed E-state index contributed by atoms with van der Waals surface area (Å²) in [5.74, 6) is 1.88. The molecule has 0 aliphatic heterocycles. The van der Waals surface area contributed by atoms with E-state index in [0.29, 0.717) is 0 Å². The number of fused-ring (bicyclic) bond motifs is 1. The van der Waals surface area contributed by atoms with Crippen LogP contribution in [-0.4, -0.2) is 27.9 Å². The number of aliphatic hydroxyl groups is 1. The number of hydrogen-bond donors (Lipinski definition) is 1. The lowest BCUT2D eigenvalue weighted by atomic mass is 10.3. The lowest BCUT2D eigenvalue weighted by Crippen LogP contribution is -1.99. The van der Waals surface area contributed by atoms with E-state index in [1.165, 1.54) is 0 Å². The molecule has 2 rings (SSSR count). The van der Waals surface area contributed by atoms with Crippen LogP contribution in [0.3, 0.4) is 0 Å². The predicted octanol–water partition coefficient (Wildman–Crippen LogP) is 2.29. The highest BCUT2D eigenvalue weighted by Crippen LogP contribution is 2.21. The van der Waals surface area contributed by atoms with Gasteiger partial charge in [-0.25, -0.2) is 4.98 Å². The van der Waals surface area contributed by atoms with Crippen LogP contribution < -0.4 is 4.74 Å². The Labute approximate surface area is 107 Å². The van der Waals surface area contributed by atoms with E-state index in [9.17, 15) is 0 Å². The van der Waals surface area contributed by atoms with Gasteiger partial charge in [0.05, 0.1) is 17.6 Å². The predicted molar refractivity (Wildman–Crippen MR) is 71.9 cm³/mol. The van der Waals surface area contributed by atoms with Crippen molar-refractivity contribution in [3.63, 3.8) is 0 Å². The standard InChI is InChI=1S/C14H20N2O2/c1-3-9-18-11-6-7-13-12(10-11)15-14(16(13)2)5-4-8-17/h6-7,10,17H,3-5,8-9H2,1-2H3. The van der Waals surface area contributed by atoms with Crippen molar-refractivity contribution >= 4 is 11.0 Å². The van der Waals surface area contributed by atoms with E-state index in [1.54, 1.807) is 0 Å². The van der Waals surface area contributed by atoms with Gasteiger partial charge in [-0.2, -0.15) is 0 Å². The van der Waals surface area contributed by atoms with E-state index in [-0.39, 0.29) is 6.61 Å². The number of nitrogens with zero attached hydrogens (tertiary/aromatic N) is 2. The van der Waals surface area contributed by atoms with E-state index in [1.807, 2.05) is 25.2 Å². The normalized spacial score (nSPS) is 11.1. The van der Waals surface area contributed by atoms with Gasteiger partial charge in [0.25, 0.3) is 0 Å². The smallest absolute Gasteiger partial charge is 0.121 e. The number of aromatic nitrogens is 2. The Kier molecular flexibility index (Phi) is 4.20. The molecule has 0 atom stereocenters. The van der Waals surface area contributed by atoms with Crippen LogP contribution in [0.1, 0.15) is 25.6 Å². The second kappa shape index (κ2) is 5.87. The Bertz CT molecular complexity index is 520. The van der Waals surface area contributed by atoms with Crippen LogP contribution in [0.15, 0.2) is 18.2 Å². The second-order valence-electron chi connectivity index (χ2n) is 4.41. The first-order chi connectivity index (χ1) is 8.76. The fourth-order valence-corrected chi connectivity index (χ4v) is 2.00. The van der Waals surface area contributed by atoms with Crippen molar-refractivity contribution in [2.24, 2.45) is 7.05 Å². The average molecular weight is 248 g/mol. The van der Waals surface area contributed by atoms with Crippen LogP contribution in [0.4, 0.5) is 0 Å². The van der Waals surface area contributed by atoms with Crippen LogP contribution in [0, 0.1) is 0 Å². The summed E-state index contributed by atoms with van der Waals surface area (Å²) in [7, 11) is 2.01. The molecule has 98 valence electrons. The molecule has 0 saturated carbocycles. The topological polar surface area (TPSA) is 47.3 Å². The molecule has 0 fully saturated rings. The van der Waals surface area contributed by atoms with Crippen LogP contribution in [0.2, 0.25) is 0 Å². The number of imidazole rings is 1. The van der Waals surface area contributed by atoms with Crippen LogP contribution in [0.5, 0.6) is 5.75 Å². The largest absolute Gasteiger partial charge is 0.494 e. The van der Waals surface area contributed by atoms with Gasteiger partial charge in [0.15, 0.2) is 0 Å². The zero-order valence-corrected chi connectivity index (χ0v) is 11.0. The molecule has 1 aromatic carbocycles. The summed E-state index contributed by atoms with van der Waals surface area (Å²) >= 11 is 0. The summed E-state index contributed by atoms with van der Waals surface area (Å²) in [4.78, 5) is 4.59. The van der Waals surface area contributed by atoms with Gasteiger partial charge in [-0.05, 0) is 25.0 Å². The molecule has 2 aromatic rings. The van der Waals surface area contributed by atoms with Crippen molar-refractivity contribution < 1.29 is 9.84 Å². The minimum Gasteiger partial charge on any atom is -0.494 e. The number of hydrogen-bond acceptors (Lipinski definition) is 3. The van der Waals surface area contributed by atoms with Crippen molar-refractivity contribution in [2.75, 3.05) is 13.2 Å². The highest BCUT2D eigenvalue weighted by Gasteiger charge is 2.08. The molecule has 0 radical (unpaired) electrons. The molecule has 0 aliphatic carbocycles. The Balaban J connectivity index is 2.27. The number of aliphatic hydroxyl groups excluding tert-OH is 1. The third kappa shape index (κ3) is 2.64. The van der Waals surface area contributed by atoms with Crippen molar-refractivity contribution in [1.29, 1.82) is 0 Å². The zero-order valence-electron chi connectivity index (χ0n) is 11.0. The van der Waals surface area contributed by atoms with Crippen molar-refractivity contribution in [1.82, 2.24) is 9.55 Å². The summed E-state index contributed by atoms with van der Waals surface area (Å²) in [5, 5.41) is 8.88. The maximum Gasteiger partial charge on any atom is 0.121 e. The van der Waals surface area contributed by atoms with E-state index in [4.69, 9.17) is 9.84 Å². The fourth-order valence-electron chi connectivity index (χ4n) is 2.00. The highest BCUT2D eigenvalue weighted by molar-refractivity contribution is 5.77. The van der Waals surface area contributed by atoms with Crippen LogP contribution in [0.25, 0.3) is 11.0 Å². The molecule has 0 aliphatic rings. The summed E-state index contributed by atoms with van der Waals surface area (Å²) in [6.07, 6.45) is 2.55. The lowest BCUT2D eigenvalue weighted by molar-refractivity contribution is 0.287. The van der Waals surface area contributed by atoms with Gasteiger partial charge >= 0.3 is 0 Å². The molecule has 4 heteroatoms. The molecule has 0 unspecified atom stereocenters. The molecule has 4 nitrogen and oxygen atoms in total. The molecule has 0 saturated heterocycles. The van der Waals surface area contributed by atoms with E-state index in [2.05, 4.69) is 16.5 Å². The first-order valence-corrected chi connectivity index (χ1v) is 6.45. The number of benzene rings is 1. The fraction of sp³-hybridized carbons (Fsp3) is 0.500. The molecule has 0 bridgehead atoms. The van der Waals surface area contributed by atoms with E-state index >= 15 is 0 Å². The Morgan fingerprint density at radius 2 is 2.22 bits per heavy atom.